The Morgan fingerprint density at radius 2 is 2.08 bits per heavy atom. The molecule has 0 N–H and O–H groups in total. The Morgan fingerprint density at radius 3 is 2.88 bits per heavy atom. The number of para-hydroxylation sites is 2. The number of imidazole rings is 1. The van der Waals surface area contributed by atoms with Crippen molar-refractivity contribution >= 4 is 38.6 Å². The van der Waals surface area contributed by atoms with Crippen LogP contribution in [0.4, 0.5) is 5.69 Å². The second kappa shape index (κ2) is 7.21. The third kappa shape index (κ3) is 3.15. The summed E-state index contributed by atoms with van der Waals surface area (Å²) in [6.45, 7) is 1.99. The Hall–Kier alpha value is -2.18. The summed E-state index contributed by atoms with van der Waals surface area (Å²) in [7, 11) is 1.70. The van der Waals surface area contributed by atoms with Gasteiger partial charge in [0.15, 0.2) is 0 Å². The number of ether oxygens (including phenoxy) is 1. The SMILES string of the molecule is COCCn1c(C2CC(=O)N(c3cccc(Br)c3)C2)nc2ccccc21. The zero-order valence-corrected chi connectivity index (χ0v) is 16.1. The minimum absolute atomic E-state index is 0.0748. The molecule has 0 spiro atoms. The largest absolute Gasteiger partial charge is 0.383 e. The normalized spacial score (nSPS) is 17.4. The molecule has 2 heterocycles. The fourth-order valence-electron chi connectivity index (χ4n) is 3.60. The molecular formula is C20H20BrN3O2. The molecule has 6 heteroatoms. The van der Waals surface area contributed by atoms with Crippen molar-refractivity contribution in [2.75, 3.05) is 25.2 Å². The van der Waals surface area contributed by atoms with Crippen LogP contribution >= 0.6 is 15.9 Å². The first-order valence-electron chi connectivity index (χ1n) is 8.67. The molecule has 1 aliphatic heterocycles. The maximum Gasteiger partial charge on any atom is 0.227 e. The summed E-state index contributed by atoms with van der Waals surface area (Å²) < 4.78 is 8.44. The zero-order valence-electron chi connectivity index (χ0n) is 14.6. The van der Waals surface area contributed by atoms with E-state index in [-0.39, 0.29) is 11.8 Å². The van der Waals surface area contributed by atoms with Gasteiger partial charge in [0, 0.05) is 42.7 Å². The molecule has 1 amide bonds. The molecule has 0 radical (unpaired) electrons. The fourth-order valence-corrected chi connectivity index (χ4v) is 3.98. The monoisotopic (exact) mass is 413 g/mol. The van der Waals surface area contributed by atoms with E-state index in [1.807, 2.05) is 47.4 Å². The van der Waals surface area contributed by atoms with Crippen LogP contribution in [0.2, 0.25) is 0 Å². The second-order valence-corrected chi connectivity index (χ2v) is 7.40. The summed E-state index contributed by atoms with van der Waals surface area (Å²) in [5.74, 6) is 1.18. The van der Waals surface area contributed by atoms with Crippen molar-refractivity contribution in [3.8, 4) is 0 Å². The van der Waals surface area contributed by atoms with Crippen LogP contribution in [0.1, 0.15) is 18.2 Å². The minimum Gasteiger partial charge on any atom is -0.383 e. The highest BCUT2D eigenvalue weighted by molar-refractivity contribution is 9.10. The van der Waals surface area contributed by atoms with E-state index in [9.17, 15) is 4.79 Å². The number of halogens is 1. The number of amides is 1. The van der Waals surface area contributed by atoms with E-state index in [1.54, 1.807) is 7.11 Å². The molecule has 0 saturated carbocycles. The predicted octanol–water partition coefficient (Wildman–Crippen LogP) is 3.97. The van der Waals surface area contributed by atoms with Crippen LogP contribution in [0.25, 0.3) is 11.0 Å². The van der Waals surface area contributed by atoms with Crippen molar-refractivity contribution in [1.29, 1.82) is 0 Å². The lowest BCUT2D eigenvalue weighted by molar-refractivity contribution is -0.117. The van der Waals surface area contributed by atoms with Crippen molar-refractivity contribution in [3.05, 3.63) is 58.8 Å². The topological polar surface area (TPSA) is 47.4 Å². The van der Waals surface area contributed by atoms with E-state index in [0.29, 0.717) is 19.6 Å². The van der Waals surface area contributed by atoms with Gasteiger partial charge >= 0.3 is 0 Å². The summed E-state index contributed by atoms with van der Waals surface area (Å²) in [4.78, 5) is 19.4. The lowest BCUT2D eigenvalue weighted by Gasteiger charge is -2.17. The first-order chi connectivity index (χ1) is 12.7. The van der Waals surface area contributed by atoms with Crippen LogP contribution in [0.3, 0.4) is 0 Å². The standard InChI is InChI=1S/C20H20BrN3O2/c1-26-10-9-23-18-8-3-2-7-17(18)22-20(23)14-11-19(25)24(13-14)16-6-4-5-15(21)12-16/h2-8,12,14H,9-11,13H2,1H3. The summed E-state index contributed by atoms with van der Waals surface area (Å²) in [6.07, 6.45) is 0.475. The molecule has 2 aromatic carbocycles. The van der Waals surface area contributed by atoms with Gasteiger partial charge < -0.3 is 14.2 Å². The molecule has 5 nitrogen and oxygen atoms in total. The van der Waals surface area contributed by atoms with Crippen molar-refractivity contribution in [1.82, 2.24) is 9.55 Å². The van der Waals surface area contributed by atoms with E-state index >= 15 is 0 Å². The highest BCUT2D eigenvalue weighted by atomic mass is 79.9. The molecule has 1 atom stereocenters. The number of carbonyl (C=O) groups excluding carboxylic acids is 1. The minimum atomic E-state index is 0.0748. The van der Waals surface area contributed by atoms with E-state index < -0.39 is 0 Å². The van der Waals surface area contributed by atoms with E-state index in [0.717, 1.165) is 33.6 Å². The molecule has 0 aliphatic carbocycles. The molecule has 1 aliphatic rings. The van der Waals surface area contributed by atoms with Crippen LogP contribution < -0.4 is 4.90 Å². The predicted molar refractivity (Wildman–Crippen MR) is 105 cm³/mol. The zero-order chi connectivity index (χ0) is 18.1. The molecule has 0 bridgehead atoms. The molecule has 26 heavy (non-hydrogen) atoms. The van der Waals surface area contributed by atoms with Gasteiger partial charge in [-0.05, 0) is 30.3 Å². The van der Waals surface area contributed by atoms with Crippen LogP contribution in [0.5, 0.6) is 0 Å². The van der Waals surface area contributed by atoms with Crippen molar-refractivity contribution in [2.45, 2.75) is 18.9 Å². The van der Waals surface area contributed by atoms with Crippen molar-refractivity contribution in [2.24, 2.45) is 0 Å². The molecule has 1 aromatic heterocycles. The summed E-state index contributed by atoms with van der Waals surface area (Å²) in [5.41, 5.74) is 2.98. The van der Waals surface area contributed by atoms with Crippen molar-refractivity contribution < 1.29 is 9.53 Å². The van der Waals surface area contributed by atoms with Gasteiger partial charge in [-0.25, -0.2) is 4.98 Å². The number of aromatic nitrogens is 2. The van der Waals surface area contributed by atoms with E-state index in [1.165, 1.54) is 0 Å². The summed E-state index contributed by atoms with van der Waals surface area (Å²) in [5, 5.41) is 0. The Kier molecular flexibility index (Phi) is 4.78. The fraction of sp³-hybridized carbons (Fsp3) is 0.300. The van der Waals surface area contributed by atoms with Crippen LogP contribution in [-0.4, -0.2) is 35.7 Å². The molecular weight excluding hydrogens is 394 g/mol. The lowest BCUT2D eigenvalue weighted by Crippen LogP contribution is -2.24. The average molecular weight is 414 g/mol. The molecule has 1 unspecified atom stereocenters. The first-order valence-corrected chi connectivity index (χ1v) is 9.46. The molecule has 1 saturated heterocycles. The number of nitrogens with zero attached hydrogens (tertiary/aromatic N) is 3. The van der Waals surface area contributed by atoms with Gasteiger partial charge in [0.1, 0.15) is 5.82 Å². The summed E-state index contributed by atoms with van der Waals surface area (Å²) >= 11 is 3.48. The number of rotatable bonds is 5. The second-order valence-electron chi connectivity index (χ2n) is 6.49. The van der Waals surface area contributed by atoms with E-state index in [2.05, 4.69) is 26.6 Å². The molecule has 3 aromatic rings. The van der Waals surface area contributed by atoms with Crippen LogP contribution in [0.15, 0.2) is 53.0 Å². The number of methoxy groups -OCH3 is 1. The average Bonchev–Trinajstić information content (AvgIpc) is 3.20. The first kappa shape index (κ1) is 17.2. The maximum atomic E-state index is 12.7. The van der Waals surface area contributed by atoms with Gasteiger partial charge in [-0.3, -0.25) is 4.79 Å². The molecule has 4 rings (SSSR count). The Morgan fingerprint density at radius 1 is 1.23 bits per heavy atom. The quantitative estimate of drug-likeness (QED) is 0.635. The highest BCUT2D eigenvalue weighted by Gasteiger charge is 2.34. The number of benzene rings is 2. The summed E-state index contributed by atoms with van der Waals surface area (Å²) in [6, 6.07) is 16.0. The number of hydrogen-bond acceptors (Lipinski definition) is 3. The highest BCUT2D eigenvalue weighted by Crippen LogP contribution is 2.33. The van der Waals surface area contributed by atoms with Gasteiger partial charge in [0.2, 0.25) is 5.91 Å². The van der Waals surface area contributed by atoms with Crippen molar-refractivity contribution in [3.63, 3.8) is 0 Å². The smallest absolute Gasteiger partial charge is 0.227 e. The third-order valence-electron chi connectivity index (χ3n) is 4.81. The Bertz CT molecular complexity index is 953. The number of fused-ring (bicyclic) bond motifs is 1. The third-order valence-corrected chi connectivity index (χ3v) is 5.31. The number of anilines is 1. The molecule has 134 valence electrons. The van der Waals surface area contributed by atoms with E-state index in [4.69, 9.17) is 9.72 Å². The number of carbonyl (C=O) groups is 1. The molecule has 1 fully saturated rings. The van der Waals surface area contributed by atoms with Gasteiger partial charge in [0.05, 0.1) is 17.6 Å². The van der Waals surface area contributed by atoms with Gasteiger partial charge in [-0.1, -0.05) is 34.1 Å². The van der Waals surface area contributed by atoms with Crippen LogP contribution in [-0.2, 0) is 16.1 Å². The van der Waals surface area contributed by atoms with Gasteiger partial charge in [-0.2, -0.15) is 0 Å². The van der Waals surface area contributed by atoms with Crippen LogP contribution in [0, 0.1) is 0 Å². The van der Waals surface area contributed by atoms with Gasteiger partial charge in [0.25, 0.3) is 0 Å². The number of hydrogen-bond donors (Lipinski definition) is 0. The lowest BCUT2D eigenvalue weighted by atomic mass is 10.1. The Balaban J connectivity index is 1.68. The Labute approximate surface area is 160 Å². The van der Waals surface area contributed by atoms with Gasteiger partial charge in [-0.15, -0.1) is 0 Å². The maximum absolute atomic E-state index is 12.7.